The van der Waals surface area contributed by atoms with Crippen LogP contribution in [0.3, 0.4) is 0 Å². The van der Waals surface area contributed by atoms with Crippen molar-refractivity contribution in [2.45, 2.75) is 38.1 Å². The Labute approximate surface area is 110 Å². The third-order valence-electron chi connectivity index (χ3n) is 3.78. The molecule has 0 bridgehead atoms. The lowest BCUT2D eigenvalue weighted by molar-refractivity contribution is 0.340. The number of nitrogens with one attached hydrogen (secondary N) is 1. The molecule has 1 aliphatic carbocycles. The Bertz CT molecular complexity index is 660. The highest BCUT2D eigenvalue weighted by molar-refractivity contribution is 5.29. The number of aromatic amines is 1. The highest BCUT2D eigenvalue weighted by Crippen LogP contribution is 2.25. The van der Waals surface area contributed by atoms with Crippen LogP contribution in [0.25, 0.3) is 5.69 Å². The molecule has 5 heteroatoms. The molecular formula is C14H17N3O2. The molecule has 3 rings (SSSR count). The van der Waals surface area contributed by atoms with Gasteiger partial charge in [0.15, 0.2) is 0 Å². The number of benzene rings is 1. The summed E-state index contributed by atoms with van der Waals surface area (Å²) < 4.78 is 2.71. The summed E-state index contributed by atoms with van der Waals surface area (Å²) in [4.78, 5) is 24.4. The number of rotatable bonds is 2. The maximum Gasteiger partial charge on any atom is 0.352 e. The first-order valence-electron chi connectivity index (χ1n) is 6.76. The predicted octanol–water partition coefficient (Wildman–Crippen LogP) is 1.83. The molecular weight excluding hydrogens is 242 g/mol. The molecule has 0 atom stereocenters. The first kappa shape index (κ1) is 12.0. The van der Waals surface area contributed by atoms with Crippen LogP contribution < -0.4 is 11.4 Å². The van der Waals surface area contributed by atoms with Crippen molar-refractivity contribution in [2.75, 3.05) is 0 Å². The van der Waals surface area contributed by atoms with Crippen molar-refractivity contribution in [1.82, 2.24) is 14.3 Å². The largest absolute Gasteiger partial charge is 0.352 e. The molecule has 1 aromatic heterocycles. The van der Waals surface area contributed by atoms with Crippen molar-refractivity contribution >= 4 is 0 Å². The van der Waals surface area contributed by atoms with E-state index in [1.54, 1.807) is 0 Å². The van der Waals surface area contributed by atoms with Crippen molar-refractivity contribution in [1.29, 1.82) is 0 Å². The van der Waals surface area contributed by atoms with Gasteiger partial charge in [0, 0.05) is 6.04 Å². The second kappa shape index (κ2) is 4.91. The fraction of sp³-hybridized carbons (Fsp3) is 0.429. The van der Waals surface area contributed by atoms with Gasteiger partial charge in [-0.1, -0.05) is 37.5 Å². The lowest BCUT2D eigenvalue weighted by Gasteiger charge is -2.20. The van der Waals surface area contributed by atoms with E-state index in [0.717, 1.165) is 25.7 Å². The van der Waals surface area contributed by atoms with Crippen molar-refractivity contribution in [3.05, 3.63) is 51.3 Å². The summed E-state index contributed by atoms with van der Waals surface area (Å²) in [5, 5.41) is 2.64. The van der Waals surface area contributed by atoms with E-state index in [-0.39, 0.29) is 17.4 Å². The highest BCUT2D eigenvalue weighted by Gasteiger charge is 2.21. The Balaban J connectivity index is 2.06. The van der Waals surface area contributed by atoms with Gasteiger partial charge in [-0.2, -0.15) is 0 Å². The highest BCUT2D eigenvalue weighted by atomic mass is 16.2. The van der Waals surface area contributed by atoms with E-state index in [2.05, 4.69) is 5.10 Å². The second-order valence-corrected chi connectivity index (χ2v) is 5.03. The third kappa shape index (κ3) is 2.16. The summed E-state index contributed by atoms with van der Waals surface area (Å²) in [5.41, 5.74) is 0.128. The zero-order chi connectivity index (χ0) is 13.2. The molecule has 100 valence electrons. The van der Waals surface area contributed by atoms with Crippen LogP contribution in [-0.4, -0.2) is 14.3 Å². The molecule has 1 heterocycles. The van der Waals surface area contributed by atoms with Gasteiger partial charge in [0.25, 0.3) is 0 Å². The minimum Gasteiger partial charge on any atom is -0.246 e. The summed E-state index contributed by atoms with van der Waals surface area (Å²) >= 11 is 0. The van der Waals surface area contributed by atoms with Gasteiger partial charge in [0.05, 0.1) is 5.69 Å². The van der Waals surface area contributed by atoms with Crippen molar-refractivity contribution in [3.8, 4) is 5.69 Å². The molecule has 1 aliphatic rings. The Morgan fingerprint density at radius 2 is 1.68 bits per heavy atom. The topological polar surface area (TPSA) is 59.8 Å². The molecule has 0 unspecified atom stereocenters. The average Bonchev–Trinajstić information content (AvgIpc) is 2.76. The van der Waals surface area contributed by atoms with Crippen LogP contribution in [0.4, 0.5) is 0 Å². The van der Waals surface area contributed by atoms with Crippen LogP contribution in [0.1, 0.15) is 38.1 Å². The first-order chi connectivity index (χ1) is 9.27. The molecule has 0 spiro atoms. The van der Waals surface area contributed by atoms with E-state index >= 15 is 0 Å². The number of para-hydroxylation sites is 1. The summed E-state index contributed by atoms with van der Waals surface area (Å²) in [6, 6.07) is 9.24. The van der Waals surface area contributed by atoms with Gasteiger partial charge in [-0.25, -0.2) is 23.9 Å². The van der Waals surface area contributed by atoms with E-state index in [0.29, 0.717) is 5.69 Å². The lowest BCUT2D eigenvalue weighted by Crippen LogP contribution is -2.33. The molecule has 1 aromatic carbocycles. The maximum atomic E-state index is 12.4. The van der Waals surface area contributed by atoms with Crippen molar-refractivity contribution in [2.24, 2.45) is 0 Å². The van der Waals surface area contributed by atoms with Gasteiger partial charge < -0.3 is 0 Å². The van der Waals surface area contributed by atoms with Gasteiger partial charge in [0.2, 0.25) is 0 Å². The quantitative estimate of drug-likeness (QED) is 0.894. The Morgan fingerprint density at radius 3 is 2.37 bits per heavy atom. The number of hydrogen-bond donors (Lipinski definition) is 1. The Morgan fingerprint density at radius 1 is 1.00 bits per heavy atom. The van der Waals surface area contributed by atoms with Crippen LogP contribution in [-0.2, 0) is 0 Å². The summed E-state index contributed by atoms with van der Waals surface area (Å²) in [6.07, 6.45) is 5.21. The molecule has 5 nitrogen and oxygen atoms in total. The fourth-order valence-electron chi connectivity index (χ4n) is 2.81. The summed E-state index contributed by atoms with van der Waals surface area (Å²) in [6.45, 7) is 0. The molecule has 2 aromatic rings. The third-order valence-corrected chi connectivity index (χ3v) is 3.78. The minimum absolute atomic E-state index is 0.0509. The first-order valence-corrected chi connectivity index (χ1v) is 6.76. The van der Waals surface area contributed by atoms with Crippen LogP contribution >= 0.6 is 0 Å². The standard InChI is InChI=1S/C14H17N3O2/c18-13-15-17(12-9-5-2-6-10-12)14(19)16(13)11-7-3-1-4-8-11/h2,5-6,9-11H,1,3-4,7-8H2,(H,15,18). The molecule has 0 aliphatic heterocycles. The van der Waals surface area contributed by atoms with Gasteiger partial charge in [0.1, 0.15) is 0 Å². The van der Waals surface area contributed by atoms with Crippen LogP contribution in [0, 0.1) is 0 Å². The van der Waals surface area contributed by atoms with Gasteiger partial charge in [-0.15, -0.1) is 0 Å². The minimum atomic E-state index is -0.305. The molecule has 0 radical (unpaired) electrons. The van der Waals surface area contributed by atoms with Crippen LogP contribution in [0.5, 0.6) is 0 Å². The zero-order valence-corrected chi connectivity index (χ0v) is 10.7. The number of aromatic nitrogens is 3. The maximum absolute atomic E-state index is 12.4. The summed E-state index contributed by atoms with van der Waals surface area (Å²) in [5.74, 6) is 0. The average molecular weight is 259 g/mol. The van der Waals surface area contributed by atoms with E-state index in [4.69, 9.17) is 0 Å². The Hall–Kier alpha value is -2.04. The van der Waals surface area contributed by atoms with Gasteiger partial charge in [-0.3, -0.25) is 0 Å². The fourth-order valence-corrected chi connectivity index (χ4v) is 2.81. The number of H-pyrrole nitrogens is 1. The van der Waals surface area contributed by atoms with Crippen molar-refractivity contribution in [3.63, 3.8) is 0 Å². The molecule has 0 saturated heterocycles. The lowest BCUT2D eigenvalue weighted by atomic mass is 9.95. The van der Waals surface area contributed by atoms with Gasteiger partial charge >= 0.3 is 11.4 Å². The smallest absolute Gasteiger partial charge is 0.246 e. The second-order valence-electron chi connectivity index (χ2n) is 5.03. The molecule has 0 amide bonds. The van der Waals surface area contributed by atoms with Crippen LogP contribution in [0.2, 0.25) is 0 Å². The zero-order valence-electron chi connectivity index (χ0n) is 10.7. The monoisotopic (exact) mass is 259 g/mol. The van der Waals surface area contributed by atoms with E-state index in [9.17, 15) is 9.59 Å². The Kier molecular flexibility index (Phi) is 3.11. The van der Waals surface area contributed by atoms with Gasteiger partial charge in [-0.05, 0) is 25.0 Å². The molecule has 1 fully saturated rings. The molecule has 1 N–H and O–H groups in total. The van der Waals surface area contributed by atoms with E-state index in [1.165, 1.54) is 15.7 Å². The van der Waals surface area contributed by atoms with Crippen molar-refractivity contribution < 1.29 is 0 Å². The SMILES string of the molecule is O=c1[nH]n(-c2ccccc2)c(=O)n1C1CCCCC1. The predicted molar refractivity (Wildman–Crippen MR) is 72.8 cm³/mol. The van der Waals surface area contributed by atoms with Crippen LogP contribution in [0.15, 0.2) is 39.9 Å². The molecule has 19 heavy (non-hydrogen) atoms. The van der Waals surface area contributed by atoms with E-state index < -0.39 is 0 Å². The normalized spacial score (nSPS) is 16.6. The number of hydrogen-bond acceptors (Lipinski definition) is 2. The van der Waals surface area contributed by atoms with E-state index in [1.807, 2.05) is 30.3 Å². The number of nitrogens with zero attached hydrogens (tertiary/aromatic N) is 2. The summed E-state index contributed by atoms with van der Waals surface area (Å²) in [7, 11) is 0. The molecule has 1 saturated carbocycles.